The van der Waals surface area contributed by atoms with Crippen molar-refractivity contribution in [3.63, 3.8) is 0 Å². The summed E-state index contributed by atoms with van der Waals surface area (Å²) in [5.74, 6) is -0.386. The minimum absolute atomic E-state index is 0.109. The van der Waals surface area contributed by atoms with Gasteiger partial charge >= 0.3 is 0 Å². The van der Waals surface area contributed by atoms with Crippen LogP contribution in [0.2, 0.25) is 0 Å². The standard InChI is InChI=1S/C62H74O14/c1-4-5-6-7-8-24-35-64-58-41(2)51(54-49(71-58)40-69-60(75-54)47-33-22-13-23-34-47)73-61-55(50(63)53-48(72-61)39-68-59(74-53)46-31-20-12-21-32-46)76-62-57(67-38-45-29-18-11-19-30-45)56(66-37-44-27-16-10-17-28-44)52(42(3)70-62)65-36-43-25-14-9-15-26-43/h4,9-23,25-34,41-42,48-63H,1,5-8,24,35-40H2,2-3H3/t41?,42?,48?,49?,50-,51+,52+,53-,54-,55?,56-,57?,58+,59?,60?,61-,62-/m0/s1. The average molecular weight is 1040 g/mol. The van der Waals surface area contributed by atoms with E-state index in [1.54, 1.807) is 0 Å². The zero-order chi connectivity index (χ0) is 52.1. The van der Waals surface area contributed by atoms with Crippen molar-refractivity contribution in [3.05, 3.63) is 192 Å². The Balaban J connectivity index is 0.975. The Morgan fingerprint density at radius 3 is 1.50 bits per heavy atom. The summed E-state index contributed by atoms with van der Waals surface area (Å²) in [5, 5.41) is 12.9. The largest absolute Gasteiger partial charge is 0.387 e. The van der Waals surface area contributed by atoms with Crippen LogP contribution in [-0.4, -0.2) is 111 Å². The van der Waals surface area contributed by atoms with Crippen LogP contribution in [0.4, 0.5) is 0 Å². The fraction of sp³-hybridized carbons (Fsp3) is 0.484. The van der Waals surface area contributed by atoms with Crippen molar-refractivity contribution in [2.24, 2.45) is 5.92 Å². The van der Waals surface area contributed by atoms with Gasteiger partial charge in [0.05, 0.1) is 45.2 Å². The Hall–Kier alpha value is -4.72. The monoisotopic (exact) mass is 1040 g/mol. The summed E-state index contributed by atoms with van der Waals surface area (Å²) >= 11 is 0. The van der Waals surface area contributed by atoms with E-state index in [0.29, 0.717) is 13.2 Å². The van der Waals surface area contributed by atoms with Gasteiger partial charge in [0.15, 0.2) is 31.5 Å². The number of benzene rings is 5. The van der Waals surface area contributed by atoms with Gasteiger partial charge in [0.1, 0.15) is 54.9 Å². The summed E-state index contributed by atoms with van der Waals surface area (Å²) in [7, 11) is 0. The molecule has 5 aromatic rings. The van der Waals surface area contributed by atoms with Crippen LogP contribution < -0.4 is 0 Å². The van der Waals surface area contributed by atoms with Gasteiger partial charge in [-0.3, -0.25) is 0 Å². The van der Waals surface area contributed by atoms with Gasteiger partial charge in [0.25, 0.3) is 0 Å². The van der Waals surface area contributed by atoms with Crippen molar-refractivity contribution in [1.29, 1.82) is 0 Å². The van der Waals surface area contributed by atoms with E-state index in [1.165, 1.54) is 0 Å². The summed E-state index contributed by atoms with van der Waals surface area (Å²) < 4.78 is 88.4. The fourth-order valence-electron chi connectivity index (χ4n) is 10.7. The van der Waals surface area contributed by atoms with E-state index >= 15 is 0 Å². The number of aliphatic hydroxyl groups is 1. The molecular formula is C62H74O14. The molecule has 0 amide bonds. The highest BCUT2D eigenvalue weighted by Gasteiger charge is 2.57. The molecule has 5 aliphatic heterocycles. The third-order valence-electron chi connectivity index (χ3n) is 14.8. The van der Waals surface area contributed by atoms with Gasteiger partial charge in [0.2, 0.25) is 0 Å². The molecule has 406 valence electrons. The predicted molar refractivity (Wildman–Crippen MR) is 281 cm³/mol. The lowest BCUT2D eigenvalue weighted by molar-refractivity contribution is -0.417. The molecule has 5 heterocycles. The van der Waals surface area contributed by atoms with Gasteiger partial charge in [-0.15, -0.1) is 6.58 Å². The van der Waals surface area contributed by atoms with Crippen molar-refractivity contribution >= 4 is 0 Å². The Morgan fingerprint density at radius 2 is 0.934 bits per heavy atom. The Morgan fingerprint density at radius 1 is 0.474 bits per heavy atom. The molecule has 14 nitrogen and oxygen atoms in total. The van der Waals surface area contributed by atoms with E-state index in [0.717, 1.165) is 59.9 Å². The number of hydrogen-bond acceptors (Lipinski definition) is 14. The van der Waals surface area contributed by atoms with Gasteiger partial charge in [-0.25, -0.2) is 0 Å². The maximum absolute atomic E-state index is 12.9. The molecule has 0 aliphatic carbocycles. The first-order valence-corrected chi connectivity index (χ1v) is 27.2. The van der Waals surface area contributed by atoms with Gasteiger partial charge in [-0.1, -0.05) is 178 Å². The van der Waals surface area contributed by atoms with Crippen LogP contribution >= 0.6 is 0 Å². The second-order valence-electron chi connectivity index (χ2n) is 20.3. The maximum Gasteiger partial charge on any atom is 0.187 e. The molecule has 17 atom stereocenters. The summed E-state index contributed by atoms with van der Waals surface area (Å²) in [6.07, 6.45) is -6.37. The van der Waals surface area contributed by atoms with Crippen LogP contribution in [-0.2, 0) is 81.4 Å². The van der Waals surface area contributed by atoms with Crippen molar-refractivity contribution in [3.8, 4) is 0 Å². The lowest BCUT2D eigenvalue weighted by Crippen LogP contribution is -2.68. The van der Waals surface area contributed by atoms with E-state index in [4.69, 9.17) is 61.6 Å². The predicted octanol–water partition coefficient (Wildman–Crippen LogP) is 10.1. The molecule has 0 bridgehead atoms. The highest BCUT2D eigenvalue weighted by molar-refractivity contribution is 5.19. The quantitative estimate of drug-likeness (QED) is 0.0490. The number of aliphatic hydroxyl groups excluding tert-OH is 1. The average Bonchev–Trinajstić information content (AvgIpc) is 3.51. The third kappa shape index (κ3) is 13.7. The Bertz CT molecular complexity index is 2460. The normalized spacial score (nSPS) is 33.4. The molecule has 76 heavy (non-hydrogen) atoms. The zero-order valence-corrected chi connectivity index (χ0v) is 43.6. The Kier molecular flexibility index (Phi) is 19.6. The minimum Gasteiger partial charge on any atom is -0.387 e. The molecule has 0 aromatic heterocycles. The highest BCUT2D eigenvalue weighted by Crippen LogP contribution is 2.43. The van der Waals surface area contributed by atoms with Crippen LogP contribution in [0.5, 0.6) is 0 Å². The number of allylic oxidation sites excluding steroid dienone is 1. The summed E-state index contributed by atoms with van der Waals surface area (Å²) in [6, 6.07) is 49.4. The van der Waals surface area contributed by atoms with Crippen molar-refractivity contribution in [2.45, 2.75) is 164 Å². The van der Waals surface area contributed by atoms with Crippen LogP contribution in [0.3, 0.4) is 0 Å². The highest BCUT2D eigenvalue weighted by atomic mass is 16.8. The number of fused-ring (bicyclic) bond motifs is 2. The minimum atomic E-state index is -1.32. The van der Waals surface area contributed by atoms with Gasteiger partial charge in [-0.05, 0) is 42.9 Å². The van der Waals surface area contributed by atoms with Crippen LogP contribution in [0, 0.1) is 5.92 Å². The summed E-state index contributed by atoms with van der Waals surface area (Å²) in [4.78, 5) is 0. The molecule has 14 heteroatoms. The fourth-order valence-corrected chi connectivity index (χ4v) is 10.7. The van der Waals surface area contributed by atoms with Crippen LogP contribution in [0.15, 0.2) is 164 Å². The van der Waals surface area contributed by atoms with Crippen molar-refractivity contribution in [1.82, 2.24) is 0 Å². The molecule has 5 fully saturated rings. The van der Waals surface area contributed by atoms with Crippen molar-refractivity contribution < 1.29 is 66.7 Å². The second-order valence-corrected chi connectivity index (χ2v) is 20.3. The molecule has 8 unspecified atom stereocenters. The first-order chi connectivity index (χ1) is 37.4. The van der Waals surface area contributed by atoms with E-state index in [9.17, 15) is 5.11 Å². The smallest absolute Gasteiger partial charge is 0.187 e. The second kappa shape index (κ2) is 27.2. The first kappa shape index (κ1) is 54.6. The van der Waals surface area contributed by atoms with E-state index in [2.05, 4.69) is 6.58 Å². The van der Waals surface area contributed by atoms with Gasteiger partial charge < -0.3 is 66.7 Å². The lowest BCUT2D eigenvalue weighted by Gasteiger charge is -2.53. The van der Waals surface area contributed by atoms with E-state index in [1.807, 2.05) is 172 Å². The van der Waals surface area contributed by atoms with Gasteiger partial charge in [-0.2, -0.15) is 0 Å². The third-order valence-corrected chi connectivity index (χ3v) is 14.8. The topological polar surface area (TPSA) is 140 Å². The van der Waals surface area contributed by atoms with Gasteiger partial charge in [0, 0.05) is 23.7 Å². The molecule has 5 aliphatic rings. The summed E-state index contributed by atoms with van der Waals surface area (Å²) in [5.41, 5.74) is 4.58. The van der Waals surface area contributed by atoms with Crippen LogP contribution in [0.25, 0.3) is 0 Å². The number of hydrogen-bond donors (Lipinski definition) is 1. The molecule has 0 radical (unpaired) electrons. The SMILES string of the molecule is C=CCCCCCCO[C@@H]1OC2COC(c3ccccc3)O[C@@H]2[C@H](O[C@@H]2OC3COC(c4ccccc4)O[C@@H]3[C@H](O)C2O[C@@H]2OC(C)[C@@H](OCc3ccccc3)[C@H](OCc3ccccc3)C2OCc2ccccc2)C1C. The Labute approximate surface area is 447 Å². The molecule has 0 saturated carbocycles. The first-order valence-electron chi connectivity index (χ1n) is 27.2. The zero-order valence-electron chi connectivity index (χ0n) is 43.6. The number of ether oxygens (including phenoxy) is 13. The van der Waals surface area contributed by atoms with E-state index < -0.39 is 98.6 Å². The molecule has 0 spiro atoms. The maximum atomic E-state index is 12.9. The molecule has 1 N–H and O–H groups in total. The van der Waals surface area contributed by atoms with Crippen molar-refractivity contribution in [2.75, 3.05) is 19.8 Å². The lowest BCUT2D eigenvalue weighted by atomic mass is 9.90. The van der Waals surface area contributed by atoms with E-state index in [-0.39, 0.29) is 32.3 Å². The number of rotatable bonds is 23. The molecule has 5 saturated heterocycles. The molecule has 10 rings (SSSR count). The summed E-state index contributed by atoms with van der Waals surface area (Å²) in [6.45, 7) is 9.44. The molecule has 5 aromatic carbocycles. The van der Waals surface area contributed by atoms with Crippen LogP contribution in [0.1, 0.15) is 86.3 Å². The molecular weight excluding hydrogens is 969 g/mol. The number of unbranched alkanes of at least 4 members (excludes halogenated alkanes) is 4.